The lowest BCUT2D eigenvalue weighted by atomic mass is 9.94. The largest absolute Gasteiger partial charge is 0.496 e. The van der Waals surface area contributed by atoms with E-state index in [-0.39, 0.29) is 22.0 Å². The van der Waals surface area contributed by atoms with Crippen LogP contribution in [0.5, 0.6) is 5.75 Å². The van der Waals surface area contributed by atoms with E-state index in [0.29, 0.717) is 0 Å². The number of hydrogen-bond donors (Lipinski definition) is 1. The molecule has 0 unspecified atom stereocenters. The normalized spacial score (nSPS) is 11.5. The zero-order valence-electron chi connectivity index (χ0n) is 13.5. The summed E-state index contributed by atoms with van der Waals surface area (Å²) < 4.78 is 28.5. The molecule has 0 aliphatic rings. The van der Waals surface area contributed by atoms with Crippen LogP contribution in [0.1, 0.15) is 31.9 Å². The van der Waals surface area contributed by atoms with Gasteiger partial charge in [-0.2, -0.15) is 0 Å². The van der Waals surface area contributed by atoms with Crippen LogP contribution < -0.4 is 9.88 Å². The molecule has 1 aromatic carbocycles. The molecule has 2 N–H and O–H groups in total. The van der Waals surface area contributed by atoms with E-state index in [1.165, 1.54) is 6.07 Å². The average molecular weight is 353 g/mol. The molecular weight excluding hydrogens is 334 g/mol. The summed E-state index contributed by atoms with van der Waals surface area (Å²) in [6, 6.07) is 3.33. The molecule has 0 amide bonds. The summed E-state index contributed by atoms with van der Waals surface area (Å²) in [4.78, 5) is 12.6. The summed E-state index contributed by atoms with van der Waals surface area (Å²) in [6.45, 7) is 5.77. The standard InChI is InChI=1S/C16H19NO4S2/c1-9-7-10(2)15(21-4)11(3)12(9)8-13(18)16-14(5-6-22-16)23(17,19)20/h5-7H,8H2,1-4H3,(H2,17,19,20). The summed E-state index contributed by atoms with van der Waals surface area (Å²) >= 11 is 1.09. The van der Waals surface area contributed by atoms with Crippen LogP contribution in [0, 0.1) is 20.8 Å². The van der Waals surface area contributed by atoms with Gasteiger partial charge in [0.2, 0.25) is 10.0 Å². The summed E-state index contributed by atoms with van der Waals surface area (Å²) in [5, 5.41) is 6.72. The Morgan fingerprint density at radius 3 is 2.48 bits per heavy atom. The number of rotatable bonds is 5. The Morgan fingerprint density at radius 2 is 1.91 bits per heavy atom. The van der Waals surface area contributed by atoms with Crippen molar-refractivity contribution >= 4 is 27.1 Å². The maximum atomic E-state index is 12.6. The van der Waals surface area contributed by atoms with Crippen LogP contribution in [0.4, 0.5) is 0 Å². The fourth-order valence-corrected chi connectivity index (χ4v) is 4.69. The maximum Gasteiger partial charge on any atom is 0.239 e. The highest BCUT2D eigenvalue weighted by Gasteiger charge is 2.23. The number of primary sulfonamides is 1. The van der Waals surface area contributed by atoms with Crippen LogP contribution in [0.3, 0.4) is 0 Å². The third kappa shape index (κ3) is 3.46. The number of benzene rings is 1. The van der Waals surface area contributed by atoms with Crippen molar-refractivity contribution in [1.29, 1.82) is 0 Å². The topological polar surface area (TPSA) is 86.5 Å². The second kappa shape index (κ2) is 6.43. The molecule has 0 saturated heterocycles. The van der Waals surface area contributed by atoms with E-state index in [1.807, 2.05) is 26.8 Å². The lowest BCUT2D eigenvalue weighted by molar-refractivity contribution is 0.0993. The summed E-state index contributed by atoms with van der Waals surface area (Å²) in [7, 11) is -2.31. The highest BCUT2D eigenvalue weighted by Crippen LogP contribution is 2.31. The molecule has 23 heavy (non-hydrogen) atoms. The van der Waals surface area contributed by atoms with E-state index in [1.54, 1.807) is 12.5 Å². The molecular formula is C16H19NO4S2. The lowest BCUT2D eigenvalue weighted by Gasteiger charge is -2.16. The molecule has 0 spiro atoms. The Balaban J connectivity index is 2.45. The van der Waals surface area contributed by atoms with Crippen molar-refractivity contribution < 1.29 is 17.9 Å². The molecule has 5 nitrogen and oxygen atoms in total. The van der Waals surface area contributed by atoms with Gasteiger partial charge in [-0.3, -0.25) is 4.79 Å². The van der Waals surface area contributed by atoms with Crippen molar-refractivity contribution in [3.63, 3.8) is 0 Å². The van der Waals surface area contributed by atoms with Gasteiger partial charge in [0.1, 0.15) is 10.6 Å². The minimum atomic E-state index is -3.90. The molecule has 2 aromatic rings. The second-order valence-electron chi connectivity index (χ2n) is 5.41. The SMILES string of the molecule is COc1c(C)cc(C)c(CC(=O)c2sccc2S(N)(=O)=O)c1C. The van der Waals surface area contributed by atoms with E-state index in [4.69, 9.17) is 9.88 Å². The molecule has 0 bridgehead atoms. The number of thiophene rings is 1. The van der Waals surface area contributed by atoms with Gasteiger partial charge < -0.3 is 4.74 Å². The Labute approximate surface area is 140 Å². The minimum absolute atomic E-state index is 0.108. The lowest BCUT2D eigenvalue weighted by Crippen LogP contribution is -2.16. The summed E-state index contributed by atoms with van der Waals surface area (Å²) in [5.74, 6) is 0.484. The van der Waals surface area contributed by atoms with Crippen molar-refractivity contribution in [3.05, 3.63) is 44.6 Å². The molecule has 1 heterocycles. The van der Waals surface area contributed by atoms with Crippen LogP contribution in [0.25, 0.3) is 0 Å². The van der Waals surface area contributed by atoms with Crippen LogP contribution in [0.2, 0.25) is 0 Å². The number of sulfonamides is 1. The molecule has 2 rings (SSSR count). The minimum Gasteiger partial charge on any atom is -0.496 e. The third-order valence-electron chi connectivity index (χ3n) is 3.79. The summed E-state index contributed by atoms with van der Waals surface area (Å²) in [5.41, 5.74) is 3.72. The van der Waals surface area contributed by atoms with Gasteiger partial charge in [0.05, 0.1) is 12.0 Å². The molecule has 124 valence electrons. The van der Waals surface area contributed by atoms with Gasteiger partial charge in [-0.05, 0) is 54.5 Å². The Hall–Kier alpha value is -1.70. The number of nitrogens with two attached hydrogens (primary N) is 1. The van der Waals surface area contributed by atoms with Crippen molar-refractivity contribution in [2.75, 3.05) is 7.11 Å². The van der Waals surface area contributed by atoms with Gasteiger partial charge in [-0.15, -0.1) is 11.3 Å². The molecule has 0 fully saturated rings. The fraction of sp³-hybridized carbons (Fsp3) is 0.312. The predicted molar refractivity (Wildman–Crippen MR) is 90.9 cm³/mol. The van der Waals surface area contributed by atoms with Crippen molar-refractivity contribution in [1.82, 2.24) is 0 Å². The van der Waals surface area contributed by atoms with E-state index in [2.05, 4.69) is 0 Å². The number of ether oxygens (including phenoxy) is 1. The quantitative estimate of drug-likeness (QED) is 0.837. The second-order valence-corrected chi connectivity index (χ2v) is 7.85. The molecule has 0 aliphatic carbocycles. The number of hydrogen-bond acceptors (Lipinski definition) is 5. The molecule has 7 heteroatoms. The predicted octanol–water partition coefficient (Wildman–Crippen LogP) is 2.75. The number of methoxy groups -OCH3 is 1. The van der Waals surface area contributed by atoms with Gasteiger partial charge >= 0.3 is 0 Å². The van der Waals surface area contributed by atoms with Crippen LogP contribution in [-0.4, -0.2) is 21.3 Å². The molecule has 0 radical (unpaired) electrons. The average Bonchev–Trinajstić information content (AvgIpc) is 2.93. The van der Waals surface area contributed by atoms with Gasteiger partial charge in [0, 0.05) is 6.42 Å². The van der Waals surface area contributed by atoms with Crippen LogP contribution in [0.15, 0.2) is 22.4 Å². The molecule has 0 saturated carbocycles. The summed E-state index contributed by atoms with van der Waals surface area (Å²) in [6.07, 6.45) is 0.108. The van der Waals surface area contributed by atoms with Crippen LogP contribution >= 0.6 is 11.3 Å². The molecule has 0 atom stereocenters. The number of carbonyl (C=O) groups is 1. The molecule has 0 aliphatic heterocycles. The van der Waals surface area contributed by atoms with Crippen molar-refractivity contribution in [2.45, 2.75) is 32.1 Å². The highest BCUT2D eigenvalue weighted by atomic mass is 32.2. The first-order valence-electron chi connectivity index (χ1n) is 6.94. The number of Topliss-reactive ketones (excluding diaryl/α,β-unsaturated/α-hetero) is 1. The fourth-order valence-electron chi connectivity index (χ4n) is 2.76. The number of carbonyl (C=O) groups excluding carboxylic acids is 1. The first kappa shape index (κ1) is 17.7. The highest BCUT2D eigenvalue weighted by molar-refractivity contribution is 7.89. The zero-order chi connectivity index (χ0) is 17.4. The molecule has 1 aromatic heterocycles. The Bertz CT molecular complexity index is 866. The van der Waals surface area contributed by atoms with Crippen molar-refractivity contribution in [3.8, 4) is 5.75 Å². The van der Waals surface area contributed by atoms with E-state index in [0.717, 1.165) is 39.3 Å². The van der Waals surface area contributed by atoms with Crippen molar-refractivity contribution in [2.24, 2.45) is 5.14 Å². The van der Waals surface area contributed by atoms with E-state index < -0.39 is 10.0 Å². The van der Waals surface area contributed by atoms with Gasteiger partial charge in [0.25, 0.3) is 0 Å². The maximum absolute atomic E-state index is 12.6. The monoisotopic (exact) mass is 353 g/mol. The first-order valence-corrected chi connectivity index (χ1v) is 9.36. The third-order valence-corrected chi connectivity index (χ3v) is 5.83. The number of aryl methyl sites for hydroxylation is 2. The van der Waals surface area contributed by atoms with Crippen LogP contribution in [-0.2, 0) is 16.4 Å². The van der Waals surface area contributed by atoms with Gasteiger partial charge in [-0.1, -0.05) is 6.07 Å². The zero-order valence-corrected chi connectivity index (χ0v) is 15.1. The van der Waals surface area contributed by atoms with E-state index >= 15 is 0 Å². The smallest absolute Gasteiger partial charge is 0.239 e. The first-order chi connectivity index (χ1) is 10.7. The van der Waals surface area contributed by atoms with E-state index in [9.17, 15) is 13.2 Å². The number of ketones is 1. The Kier molecular flexibility index (Phi) is 4.93. The Morgan fingerprint density at radius 1 is 1.26 bits per heavy atom. The van der Waals surface area contributed by atoms with Gasteiger partial charge in [-0.25, -0.2) is 13.6 Å². The van der Waals surface area contributed by atoms with Gasteiger partial charge in [0.15, 0.2) is 5.78 Å².